The molecule has 3 nitrogen and oxygen atoms in total. The normalized spacial score (nSPS) is 10.6. The Hall–Kier alpha value is -1.42. The van der Waals surface area contributed by atoms with Crippen molar-refractivity contribution in [3.8, 4) is 0 Å². The highest BCUT2D eigenvalue weighted by Gasteiger charge is 2.04. The molecule has 0 bridgehead atoms. The molecule has 0 unspecified atom stereocenters. The van der Waals surface area contributed by atoms with Crippen LogP contribution in [0.1, 0.15) is 19.4 Å². The highest BCUT2D eigenvalue weighted by atomic mass is 19.1. The van der Waals surface area contributed by atoms with Gasteiger partial charge in [0.15, 0.2) is 0 Å². The molecule has 0 atom stereocenters. The summed E-state index contributed by atoms with van der Waals surface area (Å²) < 4.78 is 13.0. The Morgan fingerprint density at radius 1 is 1.44 bits per heavy atom. The van der Waals surface area contributed by atoms with Gasteiger partial charge in [-0.3, -0.25) is 4.79 Å². The van der Waals surface area contributed by atoms with Gasteiger partial charge in [-0.2, -0.15) is 0 Å². The first-order valence-electron chi connectivity index (χ1n) is 5.28. The van der Waals surface area contributed by atoms with E-state index in [1.54, 1.807) is 19.1 Å². The summed E-state index contributed by atoms with van der Waals surface area (Å²) in [6, 6.07) is 4.78. The molecule has 0 saturated heterocycles. The summed E-state index contributed by atoms with van der Waals surface area (Å²) in [7, 11) is 0. The number of amides is 1. The molecular formula is C12H17FN2O. The maximum Gasteiger partial charge on any atom is 0.238 e. The standard InChI is InChI=1S/C12H17FN2O/c1-8(2)14-7-12(16)15-10-4-5-11(13)9(3)6-10/h4-6,8,14H,7H2,1-3H3,(H,15,16). The lowest BCUT2D eigenvalue weighted by molar-refractivity contribution is -0.115. The maximum atomic E-state index is 13.0. The van der Waals surface area contributed by atoms with Crippen LogP contribution < -0.4 is 10.6 Å². The van der Waals surface area contributed by atoms with Crippen molar-refractivity contribution in [2.24, 2.45) is 0 Å². The predicted octanol–water partition coefficient (Wildman–Crippen LogP) is 2.07. The minimum atomic E-state index is -0.265. The van der Waals surface area contributed by atoms with Crippen molar-refractivity contribution in [2.75, 3.05) is 11.9 Å². The van der Waals surface area contributed by atoms with Crippen LogP contribution >= 0.6 is 0 Å². The Morgan fingerprint density at radius 3 is 2.69 bits per heavy atom. The number of carbonyl (C=O) groups is 1. The van der Waals surface area contributed by atoms with Gasteiger partial charge in [0, 0.05) is 11.7 Å². The molecular weight excluding hydrogens is 207 g/mol. The molecule has 1 amide bonds. The lowest BCUT2D eigenvalue weighted by atomic mass is 10.2. The molecule has 0 spiro atoms. The molecule has 1 rings (SSSR count). The van der Waals surface area contributed by atoms with E-state index in [4.69, 9.17) is 0 Å². The van der Waals surface area contributed by atoms with Crippen molar-refractivity contribution in [3.63, 3.8) is 0 Å². The summed E-state index contributed by atoms with van der Waals surface area (Å²) >= 11 is 0. The molecule has 1 aromatic carbocycles. The Labute approximate surface area is 95.0 Å². The SMILES string of the molecule is Cc1cc(NC(=O)CNC(C)C)ccc1F. The van der Waals surface area contributed by atoms with Gasteiger partial charge in [0.25, 0.3) is 0 Å². The van der Waals surface area contributed by atoms with Crippen molar-refractivity contribution in [1.29, 1.82) is 0 Å². The Balaban J connectivity index is 2.53. The molecule has 0 aliphatic rings. The van der Waals surface area contributed by atoms with Crippen molar-refractivity contribution in [1.82, 2.24) is 5.32 Å². The second-order valence-electron chi connectivity index (χ2n) is 4.05. The summed E-state index contributed by atoms with van der Waals surface area (Å²) in [6.07, 6.45) is 0. The van der Waals surface area contributed by atoms with Crippen molar-refractivity contribution in [2.45, 2.75) is 26.8 Å². The fourth-order valence-corrected chi connectivity index (χ4v) is 1.22. The lowest BCUT2D eigenvalue weighted by Gasteiger charge is -2.09. The minimum absolute atomic E-state index is 0.125. The van der Waals surface area contributed by atoms with Crippen LogP contribution in [0.25, 0.3) is 0 Å². The highest BCUT2D eigenvalue weighted by Crippen LogP contribution is 2.13. The quantitative estimate of drug-likeness (QED) is 0.822. The lowest BCUT2D eigenvalue weighted by Crippen LogP contribution is -2.32. The van der Waals surface area contributed by atoms with Crippen LogP contribution in [0.4, 0.5) is 10.1 Å². The topological polar surface area (TPSA) is 41.1 Å². The smallest absolute Gasteiger partial charge is 0.238 e. The maximum absolute atomic E-state index is 13.0. The van der Waals surface area contributed by atoms with Gasteiger partial charge < -0.3 is 10.6 Å². The van der Waals surface area contributed by atoms with E-state index >= 15 is 0 Å². The first kappa shape index (κ1) is 12.6. The van der Waals surface area contributed by atoms with E-state index in [9.17, 15) is 9.18 Å². The van der Waals surface area contributed by atoms with Gasteiger partial charge in [-0.15, -0.1) is 0 Å². The number of rotatable bonds is 4. The van der Waals surface area contributed by atoms with Crippen LogP contribution in [-0.2, 0) is 4.79 Å². The molecule has 4 heteroatoms. The first-order chi connectivity index (χ1) is 7.49. The monoisotopic (exact) mass is 224 g/mol. The predicted molar refractivity (Wildman–Crippen MR) is 62.9 cm³/mol. The average molecular weight is 224 g/mol. The molecule has 88 valence electrons. The summed E-state index contributed by atoms with van der Waals surface area (Å²) in [6.45, 7) is 5.86. The van der Waals surface area contributed by atoms with E-state index in [-0.39, 0.29) is 24.3 Å². The molecule has 1 aromatic rings. The fourth-order valence-electron chi connectivity index (χ4n) is 1.22. The van der Waals surface area contributed by atoms with Gasteiger partial charge in [-0.25, -0.2) is 4.39 Å². The molecule has 0 aliphatic heterocycles. The molecule has 16 heavy (non-hydrogen) atoms. The third-order valence-corrected chi connectivity index (χ3v) is 2.11. The third-order valence-electron chi connectivity index (χ3n) is 2.11. The van der Waals surface area contributed by atoms with Crippen LogP contribution in [0.5, 0.6) is 0 Å². The average Bonchev–Trinajstić information content (AvgIpc) is 2.21. The van der Waals surface area contributed by atoms with Gasteiger partial charge in [0.1, 0.15) is 5.82 Å². The molecule has 0 heterocycles. The first-order valence-corrected chi connectivity index (χ1v) is 5.28. The van der Waals surface area contributed by atoms with Crippen molar-refractivity contribution in [3.05, 3.63) is 29.6 Å². The Morgan fingerprint density at radius 2 is 2.12 bits per heavy atom. The number of anilines is 1. The molecule has 2 N–H and O–H groups in total. The highest BCUT2D eigenvalue weighted by molar-refractivity contribution is 5.92. The number of hydrogen-bond acceptors (Lipinski definition) is 2. The minimum Gasteiger partial charge on any atom is -0.325 e. The van der Waals surface area contributed by atoms with E-state index in [2.05, 4.69) is 10.6 Å². The summed E-state index contributed by atoms with van der Waals surface area (Å²) in [5.74, 6) is -0.391. The molecule has 0 aliphatic carbocycles. The zero-order valence-corrected chi connectivity index (χ0v) is 9.80. The zero-order valence-electron chi connectivity index (χ0n) is 9.80. The van der Waals surface area contributed by atoms with E-state index in [1.165, 1.54) is 6.07 Å². The molecule has 0 radical (unpaired) electrons. The second kappa shape index (κ2) is 5.61. The number of nitrogens with one attached hydrogen (secondary N) is 2. The van der Waals surface area contributed by atoms with E-state index < -0.39 is 0 Å². The van der Waals surface area contributed by atoms with E-state index in [0.29, 0.717) is 11.3 Å². The van der Waals surface area contributed by atoms with Gasteiger partial charge >= 0.3 is 0 Å². The number of carbonyl (C=O) groups excluding carboxylic acids is 1. The van der Waals surface area contributed by atoms with E-state index in [0.717, 1.165) is 0 Å². The van der Waals surface area contributed by atoms with Crippen LogP contribution in [-0.4, -0.2) is 18.5 Å². The van der Waals surface area contributed by atoms with Gasteiger partial charge in [-0.1, -0.05) is 13.8 Å². The summed E-state index contributed by atoms with van der Waals surface area (Å²) in [5.41, 5.74) is 1.14. The molecule has 0 fully saturated rings. The van der Waals surface area contributed by atoms with Crippen molar-refractivity contribution >= 4 is 11.6 Å². The third kappa shape index (κ3) is 3.98. The van der Waals surface area contributed by atoms with Gasteiger partial charge in [0.05, 0.1) is 6.54 Å². The molecule has 0 saturated carbocycles. The second-order valence-corrected chi connectivity index (χ2v) is 4.05. The van der Waals surface area contributed by atoms with Crippen LogP contribution in [0, 0.1) is 12.7 Å². The number of benzene rings is 1. The van der Waals surface area contributed by atoms with Crippen molar-refractivity contribution < 1.29 is 9.18 Å². The van der Waals surface area contributed by atoms with Crippen LogP contribution in [0.2, 0.25) is 0 Å². The van der Waals surface area contributed by atoms with Gasteiger partial charge in [-0.05, 0) is 30.7 Å². The number of hydrogen-bond donors (Lipinski definition) is 2. The fraction of sp³-hybridized carbons (Fsp3) is 0.417. The largest absolute Gasteiger partial charge is 0.325 e. The van der Waals surface area contributed by atoms with Crippen LogP contribution in [0.15, 0.2) is 18.2 Å². The number of halogens is 1. The van der Waals surface area contributed by atoms with Crippen LogP contribution in [0.3, 0.4) is 0 Å². The summed E-state index contributed by atoms with van der Waals surface area (Å²) in [4.78, 5) is 11.4. The Kier molecular flexibility index (Phi) is 4.43. The summed E-state index contributed by atoms with van der Waals surface area (Å²) in [5, 5.41) is 5.70. The Bertz CT molecular complexity index is 377. The number of aryl methyl sites for hydroxylation is 1. The zero-order chi connectivity index (χ0) is 12.1. The molecule has 0 aromatic heterocycles. The van der Waals surface area contributed by atoms with E-state index in [1.807, 2.05) is 13.8 Å². The van der Waals surface area contributed by atoms with Gasteiger partial charge in [0.2, 0.25) is 5.91 Å².